The number of halogens is 1. The highest BCUT2D eigenvalue weighted by Gasteiger charge is 2.35. The Morgan fingerprint density at radius 2 is 2.19 bits per heavy atom. The van der Waals surface area contributed by atoms with Crippen LogP contribution in [0.4, 0.5) is 4.39 Å². The van der Waals surface area contributed by atoms with E-state index in [4.69, 9.17) is 4.74 Å². The molecule has 0 amide bonds. The molecule has 1 aromatic carbocycles. The second-order valence-corrected chi connectivity index (χ2v) is 3.92. The van der Waals surface area contributed by atoms with E-state index in [1.165, 1.54) is 13.2 Å². The molecule has 1 fully saturated rings. The maximum absolute atomic E-state index is 13.6. The first-order valence-corrected chi connectivity index (χ1v) is 5.27. The predicted molar refractivity (Wildman–Crippen MR) is 57.5 cm³/mol. The Kier molecular flexibility index (Phi) is 3.19. The molecule has 1 saturated heterocycles. The van der Waals surface area contributed by atoms with Gasteiger partial charge in [0.2, 0.25) is 0 Å². The minimum absolute atomic E-state index is 0.131. The smallest absolute Gasteiger partial charge is 0.310 e. The molecule has 1 aliphatic rings. The molecule has 4 heteroatoms. The van der Waals surface area contributed by atoms with E-state index in [0.29, 0.717) is 18.7 Å². The molecule has 1 aliphatic heterocycles. The van der Waals surface area contributed by atoms with Gasteiger partial charge in [-0.15, -0.1) is 0 Å². The summed E-state index contributed by atoms with van der Waals surface area (Å²) in [5, 5.41) is 3.10. The van der Waals surface area contributed by atoms with Crippen molar-refractivity contribution in [1.29, 1.82) is 0 Å². The first kappa shape index (κ1) is 11.1. The Hall–Kier alpha value is -1.42. The normalized spacial score (nSPS) is 24.4. The van der Waals surface area contributed by atoms with E-state index in [1.54, 1.807) is 18.2 Å². The van der Waals surface area contributed by atoms with Crippen molar-refractivity contribution >= 4 is 5.97 Å². The minimum atomic E-state index is -0.290. The van der Waals surface area contributed by atoms with E-state index in [-0.39, 0.29) is 23.6 Å². The van der Waals surface area contributed by atoms with Gasteiger partial charge in [0.1, 0.15) is 5.82 Å². The molecule has 0 bridgehead atoms. The van der Waals surface area contributed by atoms with Crippen LogP contribution in [0.1, 0.15) is 11.5 Å². The number of rotatable bonds is 2. The lowest BCUT2D eigenvalue weighted by molar-refractivity contribution is -0.145. The van der Waals surface area contributed by atoms with Crippen molar-refractivity contribution in [1.82, 2.24) is 5.32 Å². The quantitative estimate of drug-likeness (QED) is 0.768. The average molecular weight is 223 g/mol. The molecular formula is C12H14FNO2. The van der Waals surface area contributed by atoms with Crippen molar-refractivity contribution in [2.45, 2.75) is 5.92 Å². The highest BCUT2D eigenvalue weighted by molar-refractivity contribution is 5.74. The fourth-order valence-corrected chi connectivity index (χ4v) is 2.18. The van der Waals surface area contributed by atoms with Crippen LogP contribution in [0.25, 0.3) is 0 Å². The summed E-state index contributed by atoms with van der Waals surface area (Å²) >= 11 is 0. The Balaban J connectivity index is 2.27. The molecule has 3 nitrogen and oxygen atoms in total. The predicted octanol–water partition coefficient (Wildman–Crippen LogP) is 1.30. The fraction of sp³-hybridized carbons (Fsp3) is 0.417. The fourth-order valence-electron chi connectivity index (χ4n) is 2.18. The first-order valence-electron chi connectivity index (χ1n) is 5.27. The van der Waals surface area contributed by atoms with E-state index >= 15 is 0 Å². The van der Waals surface area contributed by atoms with Crippen molar-refractivity contribution in [2.75, 3.05) is 20.2 Å². The molecule has 0 aliphatic carbocycles. The highest BCUT2D eigenvalue weighted by atomic mass is 19.1. The van der Waals surface area contributed by atoms with E-state index < -0.39 is 0 Å². The SMILES string of the molecule is COC(=O)[C@H]1CNC[C@@H]1c1ccccc1F. The lowest BCUT2D eigenvalue weighted by atomic mass is 9.89. The van der Waals surface area contributed by atoms with Crippen LogP contribution in [0.15, 0.2) is 24.3 Å². The van der Waals surface area contributed by atoms with Gasteiger partial charge in [-0.3, -0.25) is 4.79 Å². The molecule has 2 atom stereocenters. The zero-order chi connectivity index (χ0) is 11.5. The van der Waals surface area contributed by atoms with Crippen molar-refractivity contribution in [2.24, 2.45) is 5.92 Å². The summed E-state index contributed by atoms with van der Waals surface area (Å²) in [7, 11) is 1.36. The van der Waals surface area contributed by atoms with Crippen LogP contribution in [-0.2, 0) is 9.53 Å². The zero-order valence-electron chi connectivity index (χ0n) is 9.07. The number of nitrogens with one attached hydrogen (secondary N) is 1. The van der Waals surface area contributed by atoms with Gasteiger partial charge in [-0.1, -0.05) is 18.2 Å². The van der Waals surface area contributed by atoms with Gasteiger partial charge in [0.15, 0.2) is 0 Å². The molecular weight excluding hydrogens is 209 g/mol. The second kappa shape index (κ2) is 4.61. The molecule has 16 heavy (non-hydrogen) atoms. The van der Waals surface area contributed by atoms with Gasteiger partial charge >= 0.3 is 5.97 Å². The van der Waals surface area contributed by atoms with Crippen LogP contribution >= 0.6 is 0 Å². The summed E-state index contributed by atoms with van der Waals surface area (Å²) in [6, 6.07) is 6.57. The lowest BCUT2D eigenvalue weighted by Gasteiger charge is -2.17. The standard InChI is InChI=1S/C12H14FNO2/c1-16-12(15)10-7-14-6-9(10)8-4-2-3-5-11(8)13/h2-5,9-10,14H,6-7H2,1H3/t9-,10+/m1/s1. The van der Waals surface area contributed by atoms with Crippen LogP contribution < -0.4 is 5.32 Å². The first-order chi connectivity index (χ1) is 7.74. The van der Waals surface area contributed by atoms with Gasteiger partial charge in [0.25, 0.3) is 0 Å². The summed E-state index contributed by atoms with van der Waals surface area (Å²) in [5.74, 6) is -0.959. The number of carbonyl (C=O) groups is 1. The van der Waals surface area contributed by atoms with Gasteiger partial charge in [0.05, 0.1) is 13.0 Å². The average Bonchev–Trinajstić information content (AvgIpc) is 2.77. The molecule has 0 spiro atoms. The number of carbonyl (C=O) groups excluding carboxylic acids is 1. The minimum Gasteiger partial charge on any atom is -0.469 e. The van der Waals surface area contributed by atoms with Crippen LogP contribution in [0.5, 0.6) is 0 Å². The maximum Gasteiger partial charge on any atom is 0.310 e. The van der Waals surface area contributed by atoms with Crippen LogP contribution in [0, 0.1) is 11.7 Å². The number of methoxy groups -OCH3 is 1. The molecule has 0 unspecified atom stereocenters. The third-order valence-electron chi connectivity index (χ3n) is 3.02. The van der Waals surface area contributed by atoms with E-state index in [2.05, 4.69) is 5.32 Å². The Bertz CT molecular complexity index is 394. The van der Waals surface area contributed by atoms with Crippen LogP contribution in [0.2, 0.25) is 0 Å². The van der Waals surface area contributed by atoms with Gasteiger partial charge in [0, 0.05) is 19.0 Å². The number of hydrogen-bond donors (Lipinski definition) is 1. The van der Waals surface area contributed by atoms with Crippen molar-refractivity contribution in [3.05, 3.63) is 35.6 Å². The monoisotopic (exact) mass is 223 g/mol. The number of benzene rings is 1. The van der Waals surface area contributed by atoms with Gasteiger partial charge in [-0.05, 0) is 11.6 Å². The Morgan fingerprint density at radius 3 is 2.88 bits per heavy atom. The molecule has 0 aromatic heterocycles. The third-order valence-corrected chi connectivity index (χ3v) is 3.02. The summed E-state index contributed by atoms with van der Waals surface area (Å²) in [4.78, 5) is 11.5. The van der Waals surface area contributed by atoms with Crippen LogP contribution in [0.3, 0.4) is 0 Å². The highest BCUT2D eigenvalue weighted by Crippen LogP contribution is 2.30. The molecule has 0 radical (unpaired) electrons. The molecule has 1 heterocycles. The van der Waals surface area contributed by atoms with E-state index in [1.807, 2.05) is 0 Å². The van der Waals surface area contributed by atoms with Crippen molar-refractivity contribution in [3.63, 3.8) is 0 Å². The molecule has 0 saturated carbocycles. The number of hydrogen-bond acceptors (Lipinski definition) is 3. The summed E-state index contributed by atoms with van der Waals surface area (Å²) in [6.45, 7) is 1.16. The summed E-state index contributed by atoms with van der Waals surface area (Å²) < 4.78 is 18.3. The van der Waals surface area contributed by atoms with Gasteiger partial charge in [-0.2, -0.15) is 0 Å². The topological polar surface area (TPSA) is 38.3 Å². The molecule has 2 rings (SSSR count). The van der Waals surface area contributed by atoms with Crippen molar-refractivity contribution in [3.8, 4) is 0 Å². The van der Waals surface area contributed by atoms with Crippen LogP contribution in [-0.4, -0.2) is 26.2 Å². The lowest BCUT2D eigenvalue weighted by Crippen LogP contribution is -2.23. The second-order valence-electron chi connectivity index (χ2n) is 3.92. The number of ether oxygens (including phenoxy) is 1. The molecule has 1 N–H and O–H groups in total. The third kappa shape index (κ3) is 1.93. The maximum atomic E-state index is 13.6. The van der Waals surface area contributed by atoms with Gasteiger partial charge < -0.3 is 10.1 Å². The summed E-state index contributed by atoms with van der Waals surface area (Å²) in [6.07, 6.45) is 0. The van der Waals surface area contributed by atoms with Crippen molar-refractivity contribution < 1.29 is 13.9 Å². The Labute approximate surface area is 93.6 Å². The van der Waals surface area contributed by atoms with Gasteiger partial charge in [-0.25, -0.2) is 4.39 Å². The van der Waals surface area contributed by atoms with E-state index in [9.17, 15) is 9.18 Å². The molecule has 1 aromatic rings. The Morgan fingerprint density at radius 1 is 1.44 bits per heavy atom. The largest absolute Gasteiger partial charge is 0.469 e. The summed E-state index contributed by atoms with van der Waals surface area (Å²) in [5.41, 5.74) is 0.586. The van der Waals surface area contributed by atoms with E-state index in [0.717, 1.165) is 0 Å². The molecule has 86 valence electrons. The number of esters is 1. The zero-order valence-corrected chi connectivity index (χ0v) is 9.07.